The van der Waals surface area contributed by atoms with Gasteiger partial charge in [-0.3, -0.25) is 4.79 Å². The lowest BCUT2D eigenvalue weighted by molar-refractivity contribution is -0.115. The molecule has 1 aromatic heterocycles. The van der Waals surface area contributed by atoms with Crippen LogP contribution in [0.3, 0.4) is 0 Å². The van der Waals surface area contributed by atoms with E-state index in [0.29, 0.717) is 15.4 Å². The van der Waals surface area contributed by atoms with Crippen molar-refractivity contribution >= 4 is 38.1 Å². The number of amides is 1. The van der Waals surface area contributed by atoms with Gasteiger partial charge in [0.2, 0.25) is 5.91 Å². The predicted octanol–water partition coefficient (Wildman–Crippen LogP) is 3.17. The zero-order chi connectivity index (χ0) is 19.3. The number of ether oxygens (including phenoxy) is 1. The number of hydrogen-bond donors (Lipinski definition) is 1. The van der Waals surface area contributed by atoms with Gasteiger partial charge in [0.05, 0.1) is 22.3 Å². The topological polar surface area (TPSA) is 89.5 Å². The molecular formula is C17H18FNO5S2. The Morgan fingerprint density at radius 1 is 1.23 bits per heavy atom. The second-order valence-electron chi connectivity index (χ2n) is 5.41. The van der Waals surface area contributed by atoms with Crippen LogP contribution in [0, 0.1) is 12.7 Å². The van der Waals surface area contributed by atoms with E-state index in [1.807, 2.05) is 0 Å². The number of carbonyl (C=O) groups excluding carboxylic acids is 2. The summed E-state index contributed by atoms with van der Waals surface area (Å²) in [5, 5.41) is 3.02. The van der Waals surface area contributed by atoms with Crippen LogP contribution in [-0.2, 0) is 19.4 Å². The van der Waals surface area contributed by atoms with E-state index in [9.17, 15) is 22.4 Å². The fourth-order valence-corrected chi connectivity index (χ4v) is 4.35. The second kappa shape index (κ2) is 8.41. The van der Waals surface area contributed by atoms with Crippen molar-refractivity contribution in [2.24, 2.45) is 0 Å². The molecule has 0 unspecified atom stereocenters. The first-order valence-corrected chi connectivity index (χ1v) is 10.3. The van der Waals surface area contributed by atoms with Crippen LogP contribution in [0.4, 0.5) is 9.39 Å². The third kappa shape index (κ3) is 5.12. The van der Waals surface area contributed by atoms with Crippen LogP contribution in [0.2, 0.25) is 0 Å². The highest BCUT2D eigenvalue weighted by Gasteiger charge is 2.19. The van der Waals surface area contributed by atoms with Crippen molar-refractivity contribution in [3.63, 3.8) is 0 Å². The molecule has 2 aromatic rings. The molecule has 1 amide bonds. The summed E-state index contributed by atoms with van der Waals surface area (Å²) in [6.07, 6.45) is -0.259. The van der Waals surface area contributed by atoms with Gasteiger partial charge in [0.1, 0.15) is 10.7 Å². The highest BCUT2D eigenvalue weighted by Crippen LogP contribution is 2.27. The van der Waals surface area contributed by atoms with Crippen molar-refractivity contribution in [2.75, 3.05) is 17.7 Å². The fourth-order valence-electron chi connectivity index (χ4n) is 2.13. The smallest absolute Gasteiger partial charge is 0.348 e. The first kappa shape index (κ1) is 20.1. The molecule has 0 saturated heterocycles. The third-order valence-corrected chi connectivity index (χ3v) is 6.28. The first-order chi connectivity index (χ1) is 12.2. The largest absolute Gasteiger partial charge is 0.462 e. The number of carbonyl (C=O) groups is 2. The lowest BCUT2D eigenvalue weighted by atomic mass is 10.3. The molecule has 0 saturated carbocycles. The van der Waals surface area contributed by atoms with Crippen molar-refractivity contribution in [1.82, 2.24) is 0 Å². The Kier molecular flexibility index (Phi) is 6.49. The Bertz CT molecular complexity index is 904. The van der Waals surface area contributed by atoms with E-state index in [-0.39, 0.29) is 17.9 Å². The second-order valence-corrected chi connectivity index (χ2v) is 8.58. The van der Waals surface area contributed by atoms with E-state index in [4.69, 9.17) is 4.74 Å². The van der Waals surface area contributed by atoms with E-state index in [1.54, 1.807) is 19.9 Å². The summed E-state index contributed by atoms with van der Waals surface area (Å²) in [6.45, 7) is 3.67. The van der Waals surface area contributed by atoms with Crippen LogP contribution < -0.4 is 5.32 Å². The number of nitrogens with one attached hydrogen (secondary N) is 1. The summed E-state index contributed by atoms with van der Waals surface area (Å²) >= 11 is 1.07. The van der Waals surface area contributed by atoms with Crippen LogP contribution in [-0.4, -0.2) is 32.7 Å². The molecule has 1 N–H and O–H groups in total. The van der Waals surface area contributed by atoms with Crippen LogP contribution in [0.5, 0.6) is 0 Å². The standard InChI is InChI=1S/C17H18FNO5S2/c1-3-24-17(21)16-11(2)10-15(25-16)19-14(20)8-9-26(22,23)13-6-4-12(18)5-7-13/h4-7,10H,3,8-9H2,1-2H3,(H,19,20). The van der Waals surface area contributed by atoms with E-state index < -0.39 is 33.3 Å². The maximum Gasteiger partial charge on any atom is 0.348 e. The lowest BCUT2D eigenvalue weighted by Gasteiger charge is -2.05. The van der Waals surface area contributed by atoms with Crippen molar-refractivity contribution in [2.45, 2.75) is 25.2 Å². The van der Waals surface area contributed by atoms with Crippen LogP contribution in [0.15, 0.2) is 35.2 Å². The van der Waals surface area contributed by atoms with Gasteiger partial charge in [0, 0.05) is 6.42 Å². The minimum atomic E-state index is -3.69. The number of thiophene rings is 1. The summed E-state index contributed by atoms with van der Waals surface area (Å²) in [6, 6.07) is 6.06. The Morgan fingerprint density at radius 3 is 2.50 bits per heavy atom. The molecule has 0 aliphatic carbocycles. The third-order valence-electron chi connectivity index (χ3n) is 3.41. The average molecular weight is 399 g/mol. The van der Waals surface area contributed by atoms with Crippen molar-refractivity contribution in [3.8, 4) is 0 Å². The molecule has 6 nitrogen and oxygen atoms in total. The van der Waals surface area contributed by atoms with Gasteiger partial charge in [-0.2, -0.15) is 0 Å². The number of sulfone groups is 1. The number of anilines is 1. The SMILES string of the molecule is CCOC(=O)c1sc(NC(=O)CCS(=O)(=O)c2ccc(F)cc2)cc1C. The average Bonchev–Trinajstić information content (AvgIpc) is 2.94. The van der Waals surface area contributed by atoms with E-state index in [2.05, 4.69) is 5.32 Å². The van der Waals surface area contributed by atoms with Gasteiger partial charge >= 0.3 is 5.97 Å². The molecule has 9 heteroatoms. The molecule has 2 rings (SSSR count). The summed E-state index contributed by atoms with van der Waals surface area (Å²) in [5.74, 6) is -1.89. The number of benzene rings is 1. The molecule has 0 spiro atoms. The zero-order valence-corrected chi connectivity index (χ0v) is 15.9. The predicted molar refractivity (Wildman–Crippen MR) is 96.7 cm³/mol. The Hall–Kier alpha value is -2.26. The van der Waals surface area contributed by atoms with Gasteiger partial charge in [-0.25, -0.2) is 17.6 Å². The number of halogens is 1. The summed E-state index contributed by atoms with van der Waals surface area (Å²) in [4.78, 5) is 24.1. The molecule has 0 aliphatic heterocycles. The van der Waals surface area contributed by atoms with E-state index in [0.717, 1.165) is 35.6 Å². The fraction of sp³-hybridized carbons (Fsp3) is 0.294. The van der Waals surface area contributed by atoms with Gasteiger partial charge in [0.25, 0.3) is 0 Å². The lowest BCUT2D eigenvalue weighted by Crippen LogP contribution is -2.17. The Labute approximate surface area is 154 Å². The molecule has 0 bridgehead atoms. The number of esters is 1. The molecule has 0 aliphatic rings. The summed E-state index contributed by atoms with van der Waals surface area (Å²) in [5.41, 5.74) is 0.669. The van der Waals surface area contributed by atoms with Crippen LogP contribution >= 0.6 is 11.3 Å². The number of hydrogen-bond acceptors (Lipinski definition) is 6. The quantitative estimate of drug-likeness (QED) is 0.571. The molecule has 1 heterocycles. The highest BCUT2D eigenvalue weighted by molar-refractivity contribution is 7.91. The Balaban J connectivity index is 1.98. The monoisotopic (exact) mass is 399 g/mol. The van der Waals surface area contributed by atoms with Gasteiger partial charge in [-0.1, -0.05) is 0 Å². The Morgan fingerprint density at radius 2 is 1.88 bits per heavy atom. The molecular weight excluding hydrogens is 381 g/mol. The van der Waals surface area contributed by atoms with Crippen molar-refractivity contribution in [1.29, 1.82) is 0 Å². The molecule has 1 aromatic carbocycles. The first-order valence-electron chi connectivity index (χ1n) is 7.78. The minimum absolute atomic E-state index is 0.0386. The van der Waals surface area contributed by atoms with Crippen molar-refractivity contribution in [3.05, 3.63) is 46.6 Å². The molecule has 26 heavy (non-hydrogen) atoms. The van der Waals surface area contributed by atoms with Gasteiger partial charge < -0.3 is 10.1 Å². The minimum Gasteiger partial charge on any atom is -0.462 e. The zero-order valence-electron chi connectivity index (χ0n) is 14.2. The maximum atomic E-state index is 12.9. The summed E-state index contributed by atoms with van der Waals surface area (Å²) < 4.78 is 42.1. The normalized spacial score (nSPS) is 11.2. The highest BCUT2D eigenvalue weighted by atomic mass is 32.2. The van der Waals surface area contributed by atoms with Crippen molar-refractivity contribution < 1.29 is 27.1 Å². The number of aryl methyl sites for hydroxylation is 1. The molecule has 0 fully saturated rings. The summed E-state index contributed by atoms with van der Waals surface area (Å²) in [7, 11) is -3.69. The van der Waals surface area contributed by atoms with Gasteiger partial charge in [-0.15, -0.1) is 11.3 Å². The molecule has 140 valence electrons. The van der Waals surface area contributed by atoms with E-state index >= 15 is 0 Å². The molecule has 0 radical (unpaired) electrons. The number of rotatable bonds is 7. The van der Waals surface area contributed by atoms with Gasteiger partial charge in [-0.05, 0) is 49.7 Å². The molecule has 0 atom stereocenters. The van der Waals surface area contributed by atoms with Gasteiger partial charge in [0.15, 0.2) is 9.84 Å². The van der Waals surface area contributed by atoms with Crippen LogP contribution in [0.1, 0.15) is 28.6 Å². The maximum absolute atomic E-state index is 12.9. The van der Waals surface area contributed by atoms with Crippen LogP contribution in [0.25, 0.3) is 0 Å². The van der Waals surface area contributed by atoms with E-state index in [1.165, 1.54) is 0 Å².